The van der Waals surface area contributed by atoms with Crippen molar-refractivity contribution in [3.63, 3.8) is 0 Å². The summed E-state index contributed by atoms with van der Waals surface area (Å²) in [5, 5.41) is 59.2. The van der Waals surface area contributed by atoms with Gasteiger partial charge in [0.05, 0.1) is 84.8 Å². The Morgan fingerprint density at radius 2 is 0.899 bits per heavy atom. The molecule has 0 spiro atoms. The summed E-state index contributed by atoms with van der Waals surface area (Å²) < 4.78 is 113. The zero-order valence-electron chi connectivity index (χ0n) is 54.8. The van der Waals surface area contributed by atoms with Crippen molar-refractivity contribution < 1.29 is 120 Å². The largest absolute Gasteiger partial charge is 0.462 e. The van der Waals surface area contributed by atoms with Gasteiger partial charge in [0.1, 0.15) is 59.5 Å². The molecule has 9 fully saturated rings. The van der Waals surface area contributed by atoms with Crippen molar-refractivity contribution in [3.05, 3.63) is 11.6 Å². The van der Waals surface area contributed by atoms with E-state index in [9.17, 15) is 35.1 Å². The van der Waals surface area contributed by atoms with Crippen LogP contribution in [0.25, 0.3) is 0 Å². The first-order valence-corrected chi connectivity index (χ1v) is 32.5. The van der Waals surface area contributed by atoms with Gasteiger partial charge in [-0.2, -0.15) is 0 Å². The second-order valence-corrected chi connectivity index (χ2v) is 27.6. The second kappa shape index (κ2) is 27.6. The molecule has 0 aromatic rings. The number of methoxy groups -OCH3 is 5. The lowest BCUT2D eigenvalue weighted by atomic mass is 9.42. The molecule has 0 aromatic carbocycles. The van der Waals surface area contributed by atoms with Gasteiger partial charge in [-0.15, -0.1) is 0 Å². The Hall–Kier alpha value is -2.00. The van der Waals surface area contributed by atoms with Crippen LogP contribution in [0.2, 0.25) is 0 Å². The van der Waals surface area contributed by atoms with E-state index in [2.05, 4.69) is 6.92 Å². The van der Waals surface area contributed by atoms with Gasteiger partial charge < -0.3 is 111 Å². The lowest BCUT2D eigenvalue weighted by Gasteiger charge is -2.67. The Kier molecular flexibility index (Phi) is 21.7. The lowest BCUT2D eigenvalue weighted by molar-refractivity contribution is -0.354. The molecule has 10 aliphatic rings. The Morgan fingerprint density at radius 3 is 1.31 bits per heavy atom. The van der Waals surface area contributed by atoms with E-state index < -0.39 is 199 Å². The summed E-state index contributed by atoms with van der Waals surface area (Å²) in [7, 11) is 8.05. The first kappa shape index (κ1) is 69.8. The number of rotatable bonds is 19. The minimum atomic E-state index is -2.00. The molecule has 25 nitrogen and oxygen atoms in total. The van der Waals surface area contributed by atoms with Gasteiger partial charge in [-0.05, 0) is 106 Å². The van der Waals surface area contributed by atoms with E-state index in [1.54, 1.807) is 42.3 Å². The Morgan fingerprint density at radius 1 is 0.506 bits per heavy atom. The summed E-state index contributed by atoms with van der Waals surface area (Å²) in [6.07, 6.45) is -9.42. The first-order valence-electron chi connectivity index (χ1n) is 32.5. The van der Waals surface area contributed by atoms with E-state index in [4.69, 9.17) is 85.3 Å². The summed E-state index contributed by atoms with van der Waals surface area (Å²) >= 11 is 0. The smallest absolute Gasteiger partial charge is 0.302 e. The van der Waals surface area contributed by atoms with Crippen LogP contribution < -0.4 is 0 Å². The number of fused-ring (bicyclic) bond motifs is 5. The SMILES string of the molecule is COC1CC(OC2C(O)CC(OC3C(C)OC(OC4C(C)OC(OC5C(C)OC(OC6C(C)OC(OC7CCC8(C)C(=CCC9(O)C8CC(OC(C)=O)C8(C)C(O)(C(C)=O)CCC98O)C7)CC6OC)CC5OC)CC4OC)CC3OC)OC2C)OC(C)C1O. The van der Waals surface area contributed by atoms with Crippen molar-refractivity contribution >= 4 is 11.8 Å². The van der Waals surface area contributed by atoms with Crippen molar-refractivity contribution in [2.75, 3.05) is 35.5 Å². The van der Waals surface area contributed by atoms with Crippen molar-refractivity contribution in [3.8, 4) is 0 Å². The summed E-state index contributed by atoms with van der Waals surface area (Å²) in [6, 6.07) is 0. The van der Waals surface area contributed by atoms with Crippen LogP contribution >= 0.6 is 0 Å². The van der Waals surface area contributed by atoms with Gasteiger partial charge in [-0.25, -0.2) is 0 Å². The molecule has 32 atom stereocenters. The van der Waals surface area contributed by atoms with E-state index in [0.29, 0.717) is 51.4 Å². The van der Waals surface area contributed by atoms with Gasteiger partial charge in [0.25, 0.3) is 0 Å². The molecule has 6 heterocycles. The number of Topliss-reactive ketones (excluding diaryl/α,β-unsaturated/α-hetero) is 1. The van der Waals surface area contributed by atoms with Crippen LogP contribution in [0.5, 0.6) is 0 Å². The zero-order chi connectivity index (χ0) is 64.4. The highest BCUT2D eigenvalue weighted by Crippen LogP contribution is 2.71. The molecule has 0 amide bonds. The molecule has 5 N–H and O–H groups in total. The Labute approximate surface area is 523 Å². The zero-order valence-corrected chi connectivity index (χ0v) is 54.8. The third-order valence-corrected chi connectivity index (χ3v) is 22.6. The highest BCUT2D eigenvalue weighted by atomic mass is 16.8. The number of hydrogen-bond donors (Lipinski definition) is 5. The van der Waals surface area contributed by atoms with Crippen molar-refractivity contribution in [2.45, 2.75) is 329 Å². The minimum absolute atomic E-state index is 0.0285. The van der Waals surface area contributed by atoms with Crippen LogP contribution in [-0.4, -0.2) is 249 Å². The monoisotopic (exact) mass is 1270 g/mol. The molecular weight excluding hydrogens is 1170 g/mol. The number of esters is 1. The first-order chi connectivity index (χ1) is 42.1. The third kappa shape index (κ3) is 13.0. The molecule has 0 bridgehead atoms. The molecule has 4 aliphatic carbocycles. The molecule has 0 radical (unpaired) electrons. The molecule has 10 rings (SSSR count). The average Bonchev–Trinajstić information content (AvgIpc) is 1.61. The van der Waals surface area contributed by atoms with Crippen LogP contribution in [0.1, 0.15) is 153 Å². The van der Waals surface area contributed by atoms with Gasteiger partial charge in [0, 0.05) is 86.9 Å². The van der Waals surface area contributed by atoms with E-state index in [1.165, 1.54) is 21.0 Å². The predicted molar refractivity (Wildman–Crippen MR) is 310 cm³/mol. The standard InChI is InChI=1S/C64H104O25/c1-30-54(68)41(72-11)24-50(77-30)85-55-31(2)78-48(23-40(55)67)86-56-33(4)80-51(26-43(56)74-13)88-58-35(6)82-53(28-45(58)76-15)89-59-34(5)81-52(27-44(59)75-14)87-57-32(3)79-49(25-42(57)73-12)84-39-17-18-60(9)38(22-39)16-19-63(70)46(60)29-47(83-37(8)66)61(10)62(69,36(7)65)20-21-64(61,63)71/h16,30-35,39-59,67-71H,17-29H2,1-15H3. The van der Waals surface area contributed by atoms with Crippen LogP contribution in [0, 0.1) is 16.7 Å². The van der Waals surface area contributed by atoms with Crippen molar-refractivity contribution in [1.82, 2.24) is 0 Å². The quantitative estimate of drug-likeness (QED) is 0.0903. The molecule has 0 aromatic heterocycles. The lowest BCUT2D eigenvalue weighted by Crippen LogP contribution is -2.78. The molecule has 3 saturated carbocycles. The Balaban J connectivity index is 0.690. The maximum absolute atomic E-state index is 13.1. The molecule has 510 valence electrons. The highest BCUT2D eigenvalue weighted by molar-refractivity contribution is 5.87. The number of aliphatic hydroxyl groups excluding tert-OH is 2. The van der Waals surface area contributed by atoms with Gasteiger partial charge in [-0.1, -0.05) is 18.6 Å². The van der Waals surface area contributed by atoms with Crippen LogP contribution in [-0.2, 0) is 94.9 Å². The second-order valence-electron chi connectivity index (χ2n) is 27.6. The molecule has 6 aliphatic heterocycles. The summed E-state index contributed by atoms with van der Waals surface area (Å²) in [5.41, 5.74) is -6.81. The summed E-state index contributed by atoms with van der Waals surface area (Å²) in [4.78, 5) is 25.7. The summed E-state index contributed by atoms with van der Waals surface area (Å²) in [5.74, 6) is -1.67. The minimum Gasteiger partial charge on any atom is -0.462 e. The van der Waals surface area contributed by atoms with Gasteiger partial charge >= 0.3 is 5.97 Å². The normalized spacial score (nSPS) is 52.0. The molecule has 25 heteroatoms. The maximum atomic E-state index is 13.1. The fraction of sp³-hybridized carbons (Fsp3) is 0.938. The fourth-order valence-electron chi connectivity index (χ4n) is 17.5. The Bertz CT molecular complexity index is 2430. The van der Waals surface area contributed by atoms with Crippen LogP contribution in [0.3, 0.4) is 0 Å². The van der Waals surface area contributed by atoms with Gasteiger partial charge in [-0.3, -0.25) is 9.59 Å². The van der Waals surface area contributed by atoms with Crippen molar-refractivity contribution in [1.29, 1.82) is 0 Å². The van der Waals surface area contributed by atoms with Gasteiger partial charge in [0.2, 0.25) is 0 Å². The van der Waals surface area contributed by atoms with E-state index in [1.807, 2.05) is 40.7 Å². The number of carbonyl (C=O) groups excluding carboxylic acids is 2. The average molecular weight is 1270 g/mol. The molecule has 32 unspecified atom stereocenters. The molecular formula is C64H104O25. The van der Waals surface area contributed by atoms with Gasteiger partial charge in [0.15, 0.2) is 43.5 Å². The topological polar surface area (TPSA) is 301 Å². The number of carbonyl (C=O) groups is 2. The van der Waals surface area contributed by atoms with Crippen LogP contribution in [0.4, 0.5) is 0 Å². The number of ether oxygens (including phenoxy) is 18. The van der Waals surface area contributed by atoms with E-state index in [-0.39, 0.29) is 38.2 Å². The highest BCUT2D eigenvalue weighted by Gasteiger charge is 2.81. The molecule has 89 heavy (non-hydrogen) atoms. The van der Waals surface area contributed by atoms with E-state index >= 15 is 0 Å². The number of aliphatic hydroxyl groups is 5. The number of ketones is 1. The molecule has 6 saturated heterocycles. The predicted octanol–water partition coefficient (Wildman–Crippen LogP) is 3.96. The number of hydrogen-bond acceptors (Lipinski definition) is 25. The fourth-order valence-corrected chi connectivity index (χ4v) is 17.5. The summed E-state index contributed by atoms with van der Waals surface area (Å²) in [6.45, 7) is 17.4. The van der Waals surface area contributed by atoms with E-state index in [0.717, 1.165) is 5.57 Å². The third-order valence-electron chi connectivity index (χ3n) is 22.6. The maximum Gasteiger partial charge on any atom is 0.302 e. The van der Waals surface area contributed by atoms with Crippen LogP contribution in [0.15, 0.2) is 11.6 Å². The van der Waals surface area contributed by atoms with Crippen molar-refractivity contribution in [2.24, 2.45) is 16.7 Å².